The van der Waals surface area contributed by atoms with Crippen LogP contribution in [0.1, 0.15) is 0 Å². The number of thioether (sulfide) groups is 2. The lowest BCUT2D eigenvalue weighted by molar-refractivity contribution is -0.122. The van der Waals surface area contributed by atoms with E-state index in [4.69, 9.17) is 9.90 Å². The highest BCUT2D eigenvalue weighted by molar-refractivity contribution is 8.15. The minimum absolute atomic E-state index is 0.124. The third-order valence-electron chi connectivity index (χ3n) is 2.40. The number of primary amides is 1. The number of rotatable bonds is 2. The van der Waals surface area contributed by atoms with Crippen LogP contribution in [0.15, 0.2) is 10.3 Å². The molecule has 0 saturated heterocycles. The van der Waals surface area contributed by atoms with Crippen LogP contribution in [-0.4, -0.2) is 110 Å². The van der Waals surface area contributed by atoms with E-state index in [1.807, 2.05) is 0 Å². The molecule has 0 aromatic heterocycles. The molecule has 5 N–H and O–H groups in total. The average Bonchev–Trinajstić information content (AvgIpc) is 2.73. The summed E-state index contributed by atoms with van der Waals surface area (Å²) in [7, 11) is 9.18. The molecule has 0 bridgehead atoms. The number of carbonyl (C=O) groups is 5. The van der Waals surface area contributed by atoms with Gasteiger partial charge in [-0.15, -0.1) is 23.5 Å². The summed E-state index contributed by atoms with van der Waals surface area (Å²) in [5, 5.41) is 18.7. The third-order valence-corrected chi connectivity index (χ3v) is 3.67. The van der Waals surface area contributed by atoms with Crippen LogP contribution in [0, 0.1) is 0 Å². The van der Waals surface area contributed by atoms with Gasteiger partial charge in [0.05, 0.1) is 0 Å². The van der Waals surface area contributed by atoms with E-state index in [1.54, 1.807) is 40.7 Å². The highest BCUT2D eigenvalue weighted by Gasteiger charge is 2.14. The lowest BCUT2D eigenvalue weighted by atomic mass is 10.6. The van der Waals surface area contributed by atoms with Gasteiger partial charge in [-0.25, -0.2) is 14.4 Å². The SMILES string of the molecule is CNC(=O)ON=C(SC)C(=O)N(C)C.CNC(=O)ON=C(SC)C(=O)N(C)C.NC(=O)O. The van der Waals surface area contributed by atoms with Gasteiger partial charge in [0.15, 0.2) is 0 Å². The van der Waals surface area contributed by atoms with Crippen molar-refractivity contribution >= 4 is 63.7 Å². The second-order valence-electron chi connectivity index (χ2n) is 5.20. The van der Waals surface area contributed by atoms with Gasteiger partial charge < -0.3 is 31.3 Å². The lowest BCUT2D eigenvalue weighted by Crippen LogP contribution is -2.28. The Morgan fingerprint density at radius 1 is 0.781 bits per heavy atom. The van der Waals surface area contributed by atoms with Crippen LogP contribution in [0.25, 0.3) is 0 Å². The van der Waals surface area contributed by atoms with Crippen LogP contribution < -0.4 is 16.4 Å². The van der Waals surface area contributed by atoms with E-state index in [1.165, 1.54) is 23.9 Å². The summed E-state index contributed by atoms with van der Waals surface area (Å²) in [5.41, 5.74) is 4.03. The molecule has 184 valence electrons. The van der Waals surface area contributed by atoms with Crippen molar-refractivity contribution in [2.24, 2.45) is 16.0 Å². The van der Waals surface area contributed by atoms with Crippen molar-refractivity contribution in [3.63, 3.8) is 0 Å². The van der Waals surface area contributed by atoms with Gasteiger partial charge in [0.25, 0.3) is 11.8 Å². The molecular formula is C15H29N7O8S2. The van der Waals surface area contributed by atoms with Crippen LogP contribution in [0.3, 0.4) is 0 Å². The summed E-state index contributed by atoms with van der Waals surface area (Å²) in [5.74, 6) is -0.609. The number of nitrogens with zero attached hydrogens (tertiary/aromatic N) is 4. The van der Waals surface area contributed by atoms with E-state index in [0.717, 1.165) is 23.5 Å². The van der Waals surface area contributed by atoms with Gasteiger partial charge >= 0.3 is 18.3 Å². The number of amides is 5. The minimum Gasteiger partial charge on any atom is -0.465 e. The van der Waals surface area contributed by atoms with Gasteiger partial charge in [-0.1, -0.05) is 10.3 Å². The Hall–Kier alpha value is -3.21. The summed E-state index contributed by atoms with van der Waals surface area (Å²) in [6.45, 7) is 0. The second-order valence-corrected chi connectivity index (χ2v) is 6.79. The summed E-state index contributed by atoms with van der Waals surface area (Å²) in [6.07, 6.45) is 0.604. The predicted molar refractivity (Wildman–Crippen MR) is 123 cm³/mol. The first-order chi connectivity index (χ1) is 14.8. The van der Waals surface area contributed by atoms with Crippen molar-refractivity contribution in [3.8, 4) is 0 Å². The zero-order valence-electron chi connectivity index (χ0n) is 19.0. The molecule has 0 spiro atoms. The summed E-state index contributed by atoms with van der Waals surface area (Å²) >= 11 is 2.23. The Kier molecular flexibility index (Phi) is 20.6. The van der Waals surface area contributed by atoms with Crippen molar-refractivity contribution in [3.05, 3.63) is 0 Å². The molecule has 0 rings (SSSR count). The Labute approximate surface area is 194 Å². The van der Waals surface area contributed by atoms with Crippen molar-refractivity contribution in [2.45, 2.75) is 0 Å². The molecule has 32 heavy (non-hydrogen) atoms. The van der Waals surface area contributed by atoms with E-state index in [9.17, 15) is 19.2 Å². The van der Waals surface area contributed by atoms with Crippen LogP contribution >= 0.6 is 23.5 Å². The number of nitrogens with one attached hydrogen (secondary N) is 2. The van der Waals surface area contributed by atoms with E-state index in [2.05, 4.69) is 36.4 Å². The first-order valence-corrected chi connectivity index (χ1v) is 10.7. The van der Waals surface area contributed by atoms with E-state index in [-0.39, 0.29) is 21.9 Å². The fraction of sp³-hybridized carbons (Fsp3) is 0.533. The smallest absolute Gasteiger partial charge is 0.433 e. The monoisotopic (exact) mass is 499 g/mol. The first kappa shape index (κ1) is 33.4. The zero-order chi connectivity index (χ0) is 25.9. The molecule has 0 aromatic carbocycles. The van der Waals surface area contributed by atoms with Gasteiger partial charge in [-0.2, -0.15) is 0 Å². The van der Waals surface area contributed by atoms with Crippen LogP contribution in [-0.2, 0) is 19.3 Å². The molecule has 0 atom stereocenters. The van der Waals surface area contributed by atoms with Crippen LogP contribution in [0.5, 0.6) is 0 Å². The Bertz CT molecular complexity index is 643. The molecular weight excluding hydrogens is 470 g/mol. The number of oxime groups is 2. The number of nitrogens with two attached hydrogens (primary N) is 1. The van der Waals surface area contributed by atoms with Crippen molar-refractivity contribution in [1.82, 2.24) is 20.4 Å². The molecule has 5 amide bonds. The number of carbonyl (C=O) groups excluding carboxylic acids is 4. The van der Waals surface area contributed by atoms with E-state index < -0.39 is 18.3 Å². The van der Waals surface area contributed by atoms with Crippen LogP contribution in [0.2, 0.25) is 0 Å². The molecule has 0 aliphatic rings. The van der Waals surface area contributed by atoms with Gasteiger partial charge in [0.1, 0.15) is 0 Å². The van der Waals surface area contributed by atoms with Gasteiger partial charge in [0, 0.05) is 42.3 Å². The summed E-state index contributed by atoms with van der Waals surface area (Å²) < 4.78 is 0. The Morgan fingerprint density at radius 2 is 1.03 bits per heavy atom. The third kappa shape index (κ3) is 18.8. The predicted octanol–water partition coefficient (Wildman–Crippen LogP) is -0.163. The lowest BCUT2D eigenvalue weighted by Gasteiger charge is -2.09. The fourth-order valence-electron chi connectivity index (χ4n) is 0.967. The van der Waals surface area contributed by atoms with E-state index >= 15 is 0 Å². The van der Waals surface area contributed by atoms with Crippen molar-refractivity contribution in [2.75, 3.05) is 54.8 Å². The van der Waals surface area contributed by atoms with Crippen molar-refractivity contribution in [1.29, 1.82) is 0 Å². The molecule has 0 aliphatic carbocycles. The maximum absolute atomic E-state index is 11.3. The maximum atomic E-state index is 11.3. The molecule has 15 nitrogen and oxygen atoms in total. The molecule has 0 aromatic rings. The summed E-state index contributed by atoms with van der Waals surface area (Å²) in [6, 6.07) is 0. The van der Waals surface area contributed by atoms with E-state index in [0.29, 0.717) is 0 Å². The Morgan fingerprint density at radius 3 is 1.19 bits per heavy atom. The number of hydrogen-bond acceptors (Lipinski definition) is 11. The normalized spacial score (nSPS) is 10.1. The largest absolute Gasteiger partial charge is 0.465 e. The summed E-state index contributed by atoms with van der Waals surface area (Å²) in [4.78, 5) is 64.2. The topological polar surface area (TPSA) is 205 Å². The molecule has 0 unspecified atom stereocenters. The molecule has 17 heteroatoms. The average molecular weight is 500 g/mol. The van der Waals surface area contributed by atoms with Crippen LogP contribution in [0.4, 0.5) is 14.4 Å². The highest BCUT2D eigenvalue weighted by Crippen LogP contribution is 2.02. The van der Waals surface area contributed by atoms with Gasteiger partial charge in [-0.05, 0) is 12.5 Å². The second kappa shape index (κ2) is 19.7. The maximum Gasteiger partial charge on any atom is 0.433 e. The van der Waals surface area contributed by atoms with Gasteiger partial charge in [0.2, 0.25) is 10.1 Å². The molecule has 0 heterocycles. The highest BCUT2D eigenvalue weighted by atomic mass is 32.2. The molecule has 0 fully saturated rings. The zero-order valence-corrected chi connectivity index (χ0v) is 20.6. The molecule has 0 saturated carbocycles. The van der Waals surface area contributed by atoms with Crippen molar-refractivity contribution < 1.29 is 38.8 Å². The quantitative estimate of drug-likeness (QED) is 0.171. The minimum atomic E-state index is -1.33. The molecule has 0 radical (unpaired) electrons. The fourth-order valence-corrected chi connectivity index (χ4v) is 1.90. The van der Waals surface area contributed by atoms with Gasteiger partial charge in [-0.3, -0.25) is 19.3 Å². The number of carboxylic acid groups (broad SMARTS) is 1. The standard InChI is InChI=1S/2C7H13N3O3S.CH3NO2/c2*1-8-7(12)13-9-5(14-4)6(11)10(2)3;2-1(3)4/h2*1-4H3,(H,8,12);2H2,(H,3,4). The number of hydrogen-bond donors (Lipinski definition) is 4. The Balaban J connectivity index is -0.000000450. The first-order valence-electron chi connectivity index (χ1n) is 8.21. The molecule has 0 aliphatic heterocycles.